The van der Waals surface area contributed by atoms with E-state index in [0.717, 1.165) is 19.5 Å². The van der Waals surface area contributed by atoms with Gasteiger partial charge < -0.3 is 15.5 Å². The molecule has 0 saturated carbocycles. The van der Waals surface area contributed by atoms with E-state index in [2.05, 4.69) is 17.6 Å². The first kappa shape index (κ1) is 12.2. The Labute approximate surface area is 96.4 Å². The molecule has 0 unspecified atom stereocenters. The summed E-state index contributed by atoms with van der Waals surface area (Å²) in [5, 5.41) is 6.68. The Kier molecular flexibility index (Phi) is 3.90. The molecule has 1 aliphatic heterocycles. The maximum absolute atomic E-state index is 11.7. The third kappa shape index (κ3) is 2.59. The minimum Gasteiger partial charge on any atom is -0.363 e. The number of hydrogen-bond acceptors (Lipinski definition) is 2. The molecule has 0 aliphatic carbocycles. The normalized spacial score (nSPS) is 19.7. The summed E-state index contributed by atoms with van der Waals surface area (Å²) in [6, 6.07) is 0. The van der Waals surface area contributed by atoms with Gasteiger partial charge >= 0.3 is 0 Å². The fourth-order valence-electron chi connectivity index (χ4n) is 1.58. The van der Waals surface area contributed by atoms with Crippen molar-refractivity contribution in [2.75, 3.05) is 19.6 Å². The van der Waals surface area contributed by atoms with Gasteiger partial charge in [0.2, 0.25) is 5.91 Å². The van der Waals surface area contributed by atoms with Crippen molar-refractivity contribution in [3.8, 4) is 0 Å². The maximum atomic E-state index is 11.7. The standard InChI is InChI=1S/C10H19N3OS/c1-4-5-12-9(15)13-7-6-11-8(14)10(13,2)3/h4-7H2,1-3H3,(H,11,14)(H,12,15). The number of amides is 1. The van der Waals surface area contributed by atoms with Crippen LogP contribution in [-0.4, -0.2) is 41.1 Å². The fourth-order valence-corrected chi connectivity index (χ4v) is 2.00. The lowest BCUT2D eigenvalue weighted by atomic mass is 10.00. The largest absolute Gasteiger partial charge is 0.363 e. The van der Waals surface area contributed by atoms with Gasteiger partial charge in [-0.15, -0.1) is 0 Å². The average Bonchev–Trinajstić information content (AvgIpc) is 2.18. The van der Waals surface area contributed by atoms with Crippen LogP contribution in [0.2, 0.25) is 0 Å². The molecule has 0 aromatic rings. The van der Waals surface area contributed by atoms with Crippen LogP contribution >= 0.6 is 12.2 Å². The predicted octanol–water partition coefficient (Wildman–Crippen LogP) is 0.481. The quantitative estimate of drug-likeness (QED) is 0.676. The summed E-state index contributed by atoms with van der Waals surface area (Å²) in [5.74, 6) is 0.0365. The molecule has 5 heteroatoms. The molecule has 0 atom stereocenters. The number of piperazine rings is 1. The van der Waals surface area contributed by atoms with Crippen LogP contribution in [0.15, 0.2) is 0 Å². The Balaban J connectivity index is 2.66. The Bertz CT molecular complexity index is 265. The van der Waals surface area contributed by atoms with Crippen LogP contribution in [-0.2, 0) is 4.79 Å². The first-order valence-electron chi connectivity index (χ1n) is 5.34. The van der Waals surface area contributed by atoms with Gasteiger partial charge in [-0.3, -0.25) is 4.79 Å². The summed E-state index contributed by atoms with van der Waals surface area (Å²) < 4.78 is 0. The lowest BCUT2D eigenvalue weighted by molar-refractivity contribution is -0.132. The van der Waals surface area contributed by atoms with Crippen LogP contribution in [0.3, 0.4) is 0 Å². The molecule has 0 radical (unpaired) electrons. The summed E-state index contributed by atoms with van der Waals surface area (Å²) in [6.07, 6.45) is 1.03. The third-order valence-electron chi connectivity index (χ3n) is 2.62. The van der Waals surface area contributed by atoms with Gasteiger partial charge in [-0.2, -0.15) is 0 Å². The van der Waals surface area contributed by atoms with Crippen molar-refractivity contribution in [3.63, 3.8) is 0 Å². The maximum Gasteiger partial charge on any atom is 0.245 e. The van der Waals surface area contributed by atoms with Crippen LogP contribution in [0, 0.1) is 0 Å². The third-order valence-corrected chi connectivity index (χ3v) is 2.99. The van der Waals surface area contributed by atoms with E-state index in [9.17, 15) is 4.79 Å². The van der Waals surface area contributed by atoms with Gasteiger partial charge in [0.1, 0.15) is 5.54 Å². The number of rotatable bonds is 2. The molecule has 86 valence electrons. The zero-order chi connectivity index (χ0) is 11.5. The molecule has 1 heterocycles. The zero-order valence-corrected chi connectivity index (χ0v) is 10.4. The summed E-state index contributed by atoms with van der Waals surface area (Å²) >= 11 is 5.28. The molecule has 2 N–H and O–H groups in total. The van der Waals surface area contributed by atoms with Crippen molar-refractivity contribution in [1.82, 2.24) is 15.5 Å². The molecule has 1 aliphatic rings. The van der Waals surface area contributed by atoms with Crippen LogP contribution in [0.1, 0.15) is 27.2 Å². The Morgan fingerprint density at radius 2 is 2.33 bits per heavy atom. The van der Waals surface area contributed by atoms with E-state index in [0.29, 0.717) is 11.7 Å². The molecule has 1 rings (SSSR count). The number of carbonyl (C=O) groups is 1. The number of nitrogens with zero attached hydrogens (tertiary/aromatic N) is 1. The van der Waals surface area contributed by atoms with Gasteiger partial charge in [0.25, 0.3) is 0 Å². The number of carbonyl (C=O) groups excluding carboxylic acids is 1. The number of thiocarbonyl (C=S) groups is 1. The second-order valence-electron chi connectivity index (χ2n) is 4.20. The van der Waals surface area contributed by atoms with E-state index in [4.69, 9.17) is 12.2 Å². The highest BCUT2D eigenvalue weighted by Gasteiger charge is 2.38. The summed E-state index contributed by atoms with van der Waals surface area (Å²) in [4.78, 5) is 13.6. The molecular weight excluding hydrogens is 210 g/mol. The molecule has 1 amide bonds. The SMILES string of the molecule is CCCNC(=S)N1CCNC(=O)C1(C)C. The molecule has 0 bridgehead atoms. The second-order valence-corrected chi connectivity index (χ2v) is 4.59. The Morgan fingerprint density at radius 3 is 2.93 bits per heavy atom. The van der Waals surface area contributed by atoms with Crippen molar-refractivity contribution in [2.24, 2.45) is 0 Å². The van der Waals surface area contributed by atoms with E-state index in [1.807, 2.05) is 18.7 Å². The van der Waals surface area contributed by atoms with Gasteiger partial charge in [-0.25, -0.2) is 0 Å². The van der Waals surface area contributed by atoms with E-state index >= 15 is 0 Å². The van der Waals surface area contributed by atoms with Gasteiger partial charge in [-0.1, -0.05) is 6.92 Å². The smallest absolute Gasteiger partial charge is 0.245 e. The van der Waals surface area contributed by atoms with Crippen LogP contribution in [0.25, 0.3) is 0 Å². The second kappa shape index (κ2) is 4.79. The molecule has 0 spiro atoms. The molecule has 0 aromatic carbocycles. The van der Waals surface area contributed by atoms with E-state index < -0.39 is 5.54 Å². The highest BCUT2D eigenvalue weighted by Crippen LogP contribution is 2.17. The molecule has 1 fully saturated rings. The molecule has 1 saturated heterocycles. The van der Waals surface area contributed by atoms with E-state index in [1.54, 1.807) is 0 Å². The number of hydrogen-bond donors (Lipinski definition) is 2. The molecule has 4 nitrogen and oxygen atoms in total. The lowest BCUT2D eigenvalue weighted by Crippen LogP contribution is -2.65. The lowest BCUT2D eigenvalue weighted by Gasteiger charge is -2.42. The van der Waals surface area contributed by atoms with Crippen molar-refractivity contribution in [3.05, 3.63) is 0 Å². The fraction of sp³-hybridized carbons (Fsp3) is 0.800. The first-order valence-corrected chi connectivity index (χ1v) is 5.74. The summed E-state index contributed by atoms with van der Waals surface area (Å²) in [6.45, 7) is 8.16. The summed E-state index contributed by atoms with van der Waals surface area (Å²) in [7, 11) is 0. The van der Waals surface area contributed by atoms with Gasteiger partial charge in [0.05, 0.1) is 0 Å². The minimum absolute atomic E-state index is 0.0365. The van der Waals surface area contributed by atoms with Crippen molar-refractivity contribution < 1.29 is 4.79 Å². The predicted molar refractivity (Wildman–Crippen MR) is 64.7 cm³/mol. The number of nitrogens with one attached hydrogen (secondary N) is 2. The highest BCUT2D eigenvalue weighted by atomic mass is 32.1. The van der Waals surface area contributed by atoms with E-state index in [-0.39, 0.29) is 5.91 Å². The van der Waals surface area contributed by atoms with Crippen molar-refractivity contribution in [1.29, 1.82) is 0 Å². The average molecular weight is 229 g/mol. The monoisotopic (exact) mass is 229 g/mol. The zero-order valence-electron chi connectivity index (χ0n) is 9.59. The highest BCUT2D eigenvalue weighted by molar-refractivity contribution is 7.80. The van der Waals surface area contributed by atoms with Crippen LogP contribution < -0.4 is 10.6 Å². The molecular formula is C10H19N3OS. The molecule has 0 aromatic heterocycles. The first-order chi connectivity index (χ1) is 7.00. The van der Waals surface area contributed by atoms with Crippen LogP contribution in [0.5, 0.6) is 0 Å². The minimum atomic E-state index is -0.546. The van der Waals surface area contributed by atoms with E-state index in [1.165, 1.54) is 0 Å². The van der Waals surface area contributed by atoms with Crippen molar-refractivity contribution >= 4 is 23.2 Å². The summed E-state index contributed by atoms with van der Waals surface area (Å²) in [5.41, 5.74) is -0.546. The van der Waals surface area contributed by atoms with Gasteiger partial charge in [0, 0.05) is 19.6 Å². The Morgan fingerprint density at radius 1 is 1.67 bits per heavy atom. The van der Waals surface area contributed by atoms with Crippen LogP contribution in [0.4, 0.5) is 0 Å². The van der Waals surface area contributed by atoms with Gasteiger partial charge in [-0.05, 0) is 32.5 Å². The molecule has 15 heavy (non-hydrogen) atoms. The topological polar surface area (TPSA) is 44.4 Å². The van der Waals surface area contributed by atoms with Gasteiger partial charge in [0.15, 0.2) is 5.11 Å². The Hall–Kier alpha value is -0.840. The van der Waals surface area contributed by atoms with Crippen molar-refractivity contribution in [2.45, 2.75) is 32.7 Å².